The molecule has 0 fully saturated rings. The van der Waals surface area contributed by atoms with E-state index >= 15 is 0 Å². The zero-order chi connectivity index (χ0) is 21.5. The second-order valence-electron chi connectivity index (χ2n) is 6.31. The molecule has 2 N–H and O–H groups in total. The Morgan fingerprint density at radius 2 is 1.67 bits per heavy atom. The van der Waals surface area contributed by atoms with Crippen LogP contribution in [0.15, 0.2) is 58.1 Å². The smallest absolute Gasteiger partial charge is 0.357 e. The Bertz CT molecular complexity index is 1180. The molecule has 154 valence electrons. The summed E-state index contributed by atoms with van der Waals surface area (Å²) in [5.41, 5.74) is -1.09. The lowest BCUT2D eigenvalue weighted by Crippen LogP contribution is -2.25. The highest BCUT2D eigenvalue weighted by Gasteiger charge is 2.18. The van der Waals surface area contributed by atoms with Gasteiger partial charge in [0.05, 0.1) is 4.92 Å². The van der Waals surface area contributed by atoms with E-state index in [9.17, 15) is 19.7 Å². The van der Waals surface area contributed by atoms with Gasteiger partial charge in [-0.05, 0) is 37.3 Å². The number of aromatic nitrogens is 2. The fourth-order valence-corrected chi connectivity index (χ4v) is 2.67. The zero-order valence-corrected chi connectivity index (χ0v) is 16.1. The number of para-hydroxylation sites is 1. The van der Waals surface area contributed by atoms with Gasteiger partial charge in [-0.15, -0.1) is 0 Å². The van der Waals surface area contributed by atoms with Crippen LogP contribution < -0.4 is 20.7 Å². The van der Waals surface area contributed by atoms with Gasteiger partial charge in [0.25, 0.3) is 0 Å². The molecule has 0 aliphatic rings. The van der Waals surface area contributed by atoms with E-state index in [-0.39, 0.29) is 12.3 Å². The number of nitrogens with zero attached hydrogens (tertiary/aromatic N) is 1. The number of nitrogens with one attached hydrogen (secondary N) is 2. The maximum absolute atomic E-state index is 11.7. The van der Waals surface area contributed by atoms with Crippen LogP contribution in [0, 0.1) is 17.0 Å². The van der Waals surface area contributed by atoms with Gasteiger partial charge < -0.3 is 14.5 Å². The topological polar surface area (TPSA) is 127 Å². The summed E-state index contributed by atoms with van der Waals surface area (Å²) in [5, 5.41) is 11.1. The molecule has 9 nitrogen and oxygen atoms in total. The number of hydrogen-bond acceptors (Lipinski definition) is 6. The molecular formula is C21H19N3O6. The first kappa shape index (κ1) is 20.6. The van der Waals surface area contributed by atoms with E-state index < -0.39 is 21.9 Å². The summed E-state index contributed by atoms with van der Waals surface area (Å²) in [6.45, 7) is 2.60. The fraction of sp³-hybridized carbons (Fsp3) is 0.143. The first-order valence-electron chi connectivity index (χ1n) is 9.04. The van der Waals surface area contributed by atoms with E-state index in [4.69, 9.17) is 9.47 Å². The van der Waals surface area contributed by atoms with Crippen LogP contribution in [0.4, 0.5) is 5.69 Å². The van der Waals surface area contributed by atoms with Crippen molar-refractivity contribution in [3.63, 3.8) is 0 Å². The number of ether oxygens (including phenoxy) is 2. The summed E-state index contributed by atoms with van der Waals surface area (Å²) in [6, 6.07) is 14.7. The monoisotopic (exact) mass is 409 g/mol. The van der Waals surface area contributed by atoms with Crippen LogP contribution in [-0.4, -0.2) is 28.1 Å². The Balaban J connectivity index is 1.71. The van der Waals surface area contributed by atoms with Gasteiger partial charge in [0.1, 0.15) is 30.4 Å². The molecule has 0 unspecified atom stereocenters. The van der Waals surface area contributed by atoms with E-state index in [0.717, 1.165) is 11.3 Å². The van der Waals surface area contributed by atoms with Crippen molar-refractivity contribution in [3.8, 4) is 11.5 Å². The molecule has 30 heavy (non-hydrogen) atoms. The lowest BCUT2D eigenvalue weighted by atomic mass is 10.1. The zero-order valence-electron chi connectivity index (χ0n) is 16.1. The van der Waals surface area contributed by atoms with E-state index in [0.29, 0.717) is 17.9 Å². The second-order valence-corrected chi connectivity index (χ2v) is 6.31. The molecule has 0 amide bonds. The van der Waals surface area contributed by atoms with E-state index in [2.05, 4.69) is 4.98 Å². The number of nitro groups is 1. The lowest BCUT2D eigenvalue weighted by Gasteiger charge is -2.10. The summed E-state index contributed by atoms with van der Waals surface area (Å²) in [4.78, 5) is 37.6. The van der Waals surface area contributed by atoms with Crippen LogP contribution in [0.3, 0.4) is 0 Å². The van der Waals surface area contributed by atoms with Crippen LogP contribution in [-0.2, 0) is 0 Å². The standard InChI is InChI=1S/C21H19N3O6/c1-14-6-9-16(10-7-14)29-12-13-30-18-5-3-2-4-15(18)8-11-17-19(24(27)28)20(25)23-21(26)22-17/h2-11H,12-13H2,1H3,(H2,22,23,25,26). The van der Waals surface area contributed by atoms with Gasteiger partial charge in [0.15, 0.2) is 0 Å². The van der Waals surface area contributed by atoms with E-state index in [1.54, 1.807) is 24.3 Å². The van der Waals surface area contributed by atoms with Crippen LogP contribution in [0.1, 0.15) is 16.8 Å². The van der Waals surface area contributed by atoms with Gasteiger partial charge in [-0.3, -0.25) is 19.9 Å². The number of aryl methyl sites for hydroxylation is 1. The van der Waals surface area contributed by atoms with Crippen LogP contribution in [0.25, 0.3) is 12.2 Å². The first-order valence-corrected chi connectivity index (χ1v) is 9.04. The third-order valence-corrected chi connectivity index (χ3v) is 4.11. The highest BCUT2D eigenvalue weighted by atomic mass is 16.6. The van der Waals surface area contributed by atoms with Crippen molar-refractivity contribution >= 4 is 17.8 Å². The minimum atomic E-state index is -1.07. The number of rotatable bonds is 8. The number of H-pyrrole nitrogens is 2. The van der Waals surface area contributed by atoms with Crippen molar-refractivity contribution in [1.82, 2.24) is 9.97 Å². The number of aromatic amines is 2. The van der Waals surface area contributed by atoms with Crippen molar-refractivity contribution < 1.29 is 14.4 Å². The fourth-order valence-electron chi connectivity index (χ4n) is 2.67. The van der Waals surface area contributed by atoms with E-state index in [1.807, 2.05) is 36.2 Å². The highest BCUT2D eigenvalue weighted by molar-refractivity contribution is 5.74. The van der Waals surface area contributed by atoms with Crippen LogP contribution in [0.2, 0.25) is 0 Å². The largest absolute Gasteiger partial charge is 0.490 e. The van der Waals surface area contributed by atoms with Gasteiger partial charge in [-0.2, -0.15) is 0 Å². The molecule has 0 saturated heterocycles. The minimum absolute atomic E-state index is 0.203. The molecule has 0 saturated carbocycles. The maximum Gasteiger partial charge on any atom is 0.357 e. The molecule has 0 spiro atoms. The molecule has 3 aromatic rings. The third-order valence-electron chi connectivity index (χ3n) is 4.11. The van der Waals surface area contributed by atoms with Crippen molar-refractivity contribution in [1.29, 1.82) is 0 Å². The Morgan fingerprint density at radius 3 is 2.40 bits per heavy atom. The second kappa shape index (κ2) is 9.37. The predicted octanol–water partition coefficient (Wildman–Crippen LogP) is 2.91. The Labute approximate surface area is 170 Å². The van der Waals surface area contributed by atoms with Gasteiger partial charge in [-0.25, -0.2) is 4.79 Å². The first-order chi connectivity index (χ1) is 14.4. The quantitative estimate of drug-likeness (QED) is 0.335. The van der Waals surface area contributed by atoms with Crippen molar-refractivity contribution in [3.05, 3.63) is 96.3 Å². The molecular weight excluding hydrogens is 390 g/mol. The molecule has 0 bridgehead atoms. The van der Waals surface area contributed by atoms with Crippen LogP contribution >= 0.6 is 0 Å². The molecule has 0 aliphatic heterocycles. The van der Waals surface area contributed by atoms with Crippen LogP contribution in [0.5, 0.6) is 11.5 Å². The minimum Gasteiger partial charge on any atom is -0.490 e. The van der Waals surface area contributed by atoms with Crippen molar-refractivity contribution in [2.45, 2.75) is 6.92 Å². The van der Waals surface area contributed by atoms with Gasteiger partial charge in [0.2, 0.25) is 0 Å². The molecule has 0 atom stereocenters. The molecule has 1 aromatic heterocycles. The van der Waals surface area contributed by atoms with E-state index in [1.165, 1.54) is 12.2 Å². The number of benzene rings is 2. The van der Waals surface area contributed by atoms with Gasteiger partial charge >= 0.3 is 16.9 Å². The molecule has 2 aromatic carbocycles. The molecule has 1 heterocycles. The Kier molecular flexibility index (Phi) is 6.43. The lowest BCUT2D eigenvalue weighted by molar-refractivity contribution is -0.386. The summed E-state index contributed by atoms with van der Waals surface area (Å²) >= 11 is 0. The number of hydrogen-bond donors (Lipinski definition) is 2. The van der Waals surface area contributed by atoms with Gasteiger partial charge in [0, 0.05) is 5.56 Å². The Morgan fingerprint density at radius 1 is 0.967 bits per heavy atom. The van der Waals surface area contributed by atoms with Gasteiger partial charge in [-0.1, -0.05) is 35.9 Å². The van der Waals surface area contributed by atoms with Crippen molar-refractivity contribution in [2.75, 3.05) is 13.2 Å². The summed E-state index contributed by atoms with van der Waals surface area (Å²) in [6.07, 6.45) is 2.81. The average Bonchev–Trinajstić information content (AvgIpc) is 2.71. The molecule has 0 aliphatic carbocycles. The normalized spacial score (nSPS) is 10.8. The summed E-state index contributed by atoms with van der Waals surface area (Å²) in [5.74, 6) is 1.26. The Hall–Kier alpha value is -4.14. The molecule has 3 rings (SSSR count). The maximum atomic E-state index is 11.7. The summed E-state index contributed by atoms with van der Waals surface area (Å²) in [7, 11) is 0. The SMILES string of the molecule is Cc1ccc(OCCOc2ccccc2C=Cc2[nH]c(=O)[nH]c(=O)c2[N+](=O)[O-])cc1. The van der Waals surface area contributed by atoms with Crippen molar-refractivity contribution in [2.24, 2.45) is 0 Å². The average molecular weight is 409 g/mol. The molecule has 9 heteroatoms. The third kappa shape index (κ3) is 5.22. The summed E-state index contributed by atoms with van der Waals surface area (Å²) < 4.78 is 11.4. The predicted molar refractivity (Wildman–Crippen MR) is 112 cm³/mol. The molecule has 0 radical (unpaired) electrons. The highest BCUT2D eigenvalue weighted by Crippen LogP contribution is 2.21.